The molecule has 0 saturated heterocycles. The molecule has 0 unspecified atom stereocenters. The molecular formula is C51H31N3S. The van der Waals surface area contributed by atoms with Gasteiger partial charge in [0, 0.05) is 47.9 Å². The van der Waals surface area contributed by atoms with E-state index in [-0.39, 0.29) is 0 Å². The molecule has 3 heterocycles. The van der Waals surface area contributed by atoms with E-state index in [0.29, 0.717) is 0 Å². The maximum Gasteiger partial charge on any atom is 0.145 e. The third-order valence-corrected chi connectivity index (χ3v) is 12.4. The van der Waals surface area contributed by atoms with Crippen molar-refractivity contribution in [2.45, 2.75) is 0 Å². The van der Waals surface area contributed by atoms with Crippen molar-refractivity contribution in [2.24, 2.45) is 0 Å². The van der Waals surface area contributed by atoms with Crippen LogP contribution in [0.3, 0.4) is 0 Å². The third kappa shape index (κ3) is 4.65. The zero-order valence-corrected chi connectivity index (χ0v) is 30.5. The van der Waals surface area contributed by atoms with Gasteiger partial charge in [-0.15, -0.1) is 11.3 Å². The van der Waals surface area contributed by atoms with Crippen molar-refractivity contribution < 1.29 is 0 Å². The monoisotopic (exact) mass is 717 g/mol. The Morgan fingerprint density at radius 2 is 0.927 bits per heavy atom. The first-order chi connectivity index (χ1) is 27.2. The van der Waals surface area contributed by atoms with Gasteiger partial charge in [-0.1, -0.05) is 109 Å². The Bertz CT molecular complexity index is 3410. The zero-order valence-electron chi connectivity index (χ0n) is 29.6. The number of nitrogens with zero attached hydrogens (tertiary/aromatic N) is 3. The molecule has 0 spiro atoms. The minimum absolute atomic E-state index is 0.936. The Kier molecular flexibility index (Phi) is 6.50. The molecule has 55 heavy (non-hydrogen) atoms. The van der Waals surface area contributed by atoms with Crippen molar-refractivity contribution in [3.8, 4) is 45.0 Å². The summed E-state index contributed by atoms with van der Waals surface area (Å²) in [5, 5.41) is 7.73. The average molecular weight is 718 g/mol. The van der Waals surface area contributed by atoms with Crippen molar-refractivity contribution in [1.82, 2.24) is 14.1 Å². The SMILES string of the molecule is c1ccc(-c2nc3cc(-c4cc5ccc6cc(-c7ccc8sc9ccccc9c8c7)cc7c6c5c(c4)n7-c4ccccc4)ccc3n2-c2ccccc2)cc1. The molecular weight excluding hydrogens is 687 g/mol. The van der Waals surface area contributed by atoms with Crippen LogP contribution in [0.5, 0.6) is 0 Å². The molecule has 0 aliphatic carbocycles. The molecule has 12 aromatic rings. The molecule has 4 heteroatoms. The number of benzene rings is 9. The summed E-state index contributed by atoms with van der Waals surface area (Å²) < 4.78 is 7.39. The van der Waals surface area contributed by atoms with Gasteiger partial charge in [-0.05, 0) is 112 Å². The van der Waals surface area contributed by atoms with Crippen LogP contribution in [0.2, 0.25) is 0 Å². The molecule has 12 rings (SSSR count). The van der Waals surface area contributed by atoms with Crippen LogP contribution in [0.1, 0.15) is 0 Å². The summed E-state index contributed by atoms with van der Waals surface area (Å²) in [4.78, 5) is 5.27. The lowest BCUT2D eigenvalue weighted by molar-refractivity contribution is 1.10. The molecule has 0 aliphatic heterocycles. The van der Waals surface area contributed by atoms with Gasteiger partial charge in [0.15, 0.2) is 0 Å². The van der Waals surface area contributed by atoms with Gasteiger partial charge in [-0.2, -0.15) is 0 Å². The third-order valence-electron chi connectivity index (χ3n) is 11.2. The molecule has 9 aromatic carbocycles. The summed E-state index contributed by atoms with van der Waals surface area (Å²) in [7, 11) is 0. The number of aromatic nitrogens is 3. The predicted octanol–water partition coefficient (Wildman–Crippen LogP) is 14.1. The number of thiophene rings is 1. The van der Waals surface area contributed by atoms with E-state index in [0.717, 1.165) is 39.4 Å². The van der Waals surface area contributed by atoms with E-state index >= 15 is 0 Å². The van der Waals surface area contributed by atoms with E-state index < -0.39 is 0 Å². The molecule has 0 N–H and O–H groups in total. The highest BCUT2D eigenvalue weighted by molar-refractivity contribution is 7.25. The van der Waals surface area contributed by atoms with Crippen LogP contribution in [-0.4, -0.2) is 14.1 Å². The number of rotatable bonds is 5. The molecule has 0 bridgehead atoms. The summed E-state index contributed by atoms with van der Waals surface area (Å²) in [6, 6.07) is 68.4. The topological polar surface area (TPSA) is 22.8 Å². The van der Waals surface area contributed by atoms with Crippen LogP contribution in [0.15, 0.2) is 188 Å². The fraction of sp³-hybridized carbons (Fsp3) is 0. The standard InChI is InChI=1S/C51H31N3S/c1-4-12-32(13-5-1)51-52-43-29-34(22-24-44(43)54(51)40-16-8-3-9-17-40)38-27-36-21-20-35-26-37(33-23-25-48-42(28-33)41-18-10-11-19-47(41)55-48)30-45-49(35)50(36)46(31-38)53(45)39-14-6-2-7-15-39/h1-31H. The first kappa shape index (κ1) is 30.5. The van der Waals surface area contributed by atoms with Gasteiger partial charge < -0.3 is 4.57 Å². The highest BCUT2D eigenvalue weighted by Crippen LogP contribution is 2.44. The molecule has 0 atom stereocenters. The summed E-state index contributed by atoms with van der Waals surface area (Å²) in [5.74, 6) is 0.936. The fourth-order valence-corrected chi connectivity index (χ4v) is 9.83. The van der Waals surface area contributed by atoms with Crippen molar-refractivity contribution in [3.63, 3.8) is 0 Å². The summed E-state index contributed by atoms with van der Waals surface area (Å²) in [5.41, 5.74) is 12.6. The van der Waals surface area contributed by atoms with E-state index in [1.165, 1.54) is 69.4 Å². The lowest BCUT2D eigenvalue weighted by Gasteiger charge is -2.11. The summed E-state index contributed by atoms with van der Waals surface area (Å²) in [6.45, 7) is 0. The van der Waals surface area contributed by atoms with Gasteiger partial charge in [0.1, 0.15) is 5.82 Å². The summed E-state index contributed by atoms with van der Waals surface area (Å²) >= 11 is 1.87. The van der Waals surface area contributed by atoms with Crippen LogP contribution in [0, 0.1) is 0 Å². The molecule has 0 radical (unpaired) electrons. The van der Waals surface area contributed by atoms with Crippen LogP contribution >= 0.6 is 11.3 Å². The summed E-state index contributed by atoms with van der Waals surface area (Å²) in [6.07, 6.45) is 0. The number of para-hydroxylation sites is 2. The second-order valence-electron chi connectivity index (χ2n) is 14.4. The van der Waals surface area contributed by atoms with Gasteiger partial charge in [-0.3, -0.25) is 4.57 Å². The lowest BCUT2D eigenvalue weighted by atomic mass is 9.95. The van der Waals surface area contributed by atoms with Crippen LogP contribution < -0.4 is 0 Å². The first-order valence-electron chi connectivity index (χ1n) is 18.7. The van der Waals surface area contributed by atoms with E-state index in [4.69, 9.17) is 4.98 Å². The predicted molar refractivity (Wildman–Crippen MR) is 233 cm³/mol. The fourth-order valence-electron chi connectivity index (χ4n) is 8.74. The Hall–Kier alpha value is -7.01. The quantitative estimate of drug-likeness (QED) is 0.163. The number of fused-ring (bicyclic) bond motifs is 4. The average Bonchev–Trinajstić information content (AvgIpc) is 3.93. The minimum atomic E-state index is 0.936. The highest BCUT2D eigenvalue weighted by Gasteiger charge is 2.21. The Balaban J connectivity index is 1.08. The smallest absolute Gasteiger partial charge is 0.145 e. The second kappa shape index (κ2) is 11.7. The lowest BCUT2D eigenvalue weighted by Crippen LogP contribution is -1.97. The molecule has 0 fully saturated rings. The first-order valence-corrected chi connectivity index (χ1v) is 19.5. The van der Waals surface area contributed by atoms with Gasteiger partial charge in [0.05, 0.1) is 22.1 Å². The van der Waals surface area contributed by atoms with Gasteiger partial charge in [-0.25, -0.2) is 4.98 Å². The van der Waals surface area contributed by atoms with E-state index in [1.807, 2.05) is 11.3 Å². The molecule has 256 valence electrons. The molecule has 0 aliphatic rings. The molecule has 3 nitrogen and oxygen atoms in total. The van der Waals surface area contributed by atoms with Crippen molar-refractivity contribution in [1.29, 1.82) is 0 Å². The van der Waals surface area contributed by atoms with Gasteiger partial charge >= 0.3 is 0 Å². The van der Waals surface area contributed by atoms with E-state index in [9.17, 15) is 0 Å². The van der Waals surface area contributed by atoms with Crippen molar-refractivity contribution in [3.05, 3.63) is 188 Å². The van der Waals surface area contributed by atoms with Crippen molar-refractivity contribution in [2.75, 3.05) is 0 Å². The molecule has 0 amide bonds. The molecule has 3 aromatic heterocycles. The van der Waals surface area contributed by atoms with Crippen LogP contribution in [0.4, 0.5) is 0 Å². The highest BCUT2D eigenvalue weighted by atomic mass is 32.1. The van der Waals surface area contributed by atoms with Crippen LogP contribution in [-0.2, 0) is 0 Å². The maximum absolute atomic E-state index is 5.27. The van der Waals surface area contributed by atoms with Gasteiger partial charge in [0.25, 0.3) is 0 Å². The number of hydrogen-bond donors (Lipinski definition) is 0. The van der Waals surface area contributed by atoms with E-state index in [1.54, 1.807) is 0 Å². The normalized spacial score (nSPS) is 12.0. The van der Waals surface area contributed by atoms with E-state index in [2.05, 4.69) is 197 Å². The second-order valence-corrected chi connectivity index (χ2v) is 15.5. The number of hydrogen-bond acceptors (Lipinski definition) is 2. The zero-order chi connectivity index (χ0) is 36.0. The minimum Gasteiger partial charge on any atom is -0.309 e. The maximum atomic E-state index is 5.27. The van der Waals surface area contributed by atoms with Gasteiger partial charge in [0.2, 0.25) is 0 Å². The number of imidazole rings is 1. The Morgan fingerprint density at radius 3 is 1.62 bits per heavy atom. The molecule has 0 saturated carbocycles. The Morgan fingerprint density at radius 1 is 0.364 bits per heavy atom. The Labute approximate surface area is 320 Å². The van der Waals surface area contributed by atoms with Crippen molar-refractivity contribution >= 4 is 75.1 Å². The largest absolute Gasteiger partial charge is 0.309 e. The van der Waals surface area contributed by atoms with Crippen LogP contribution in [0.25, 0.3) is 109 Å².